The molecule has 0 atom stereocenters. The van der Waals surface area contributed by atoms with Gasteiger partial charge in [0.2, 0.25) is 0 Å². The van der Waals surface area contributed by atoms with Crippen LogP contribution >= 0.6 is 0 Å². The summed E-state index contributed by atoms with van der Waals surface area (Å²) in [7, 11) is 2.11. The molecule has 4 aromatic rings. The van der Waals surface area contributed by atoms with Gasteiger partial charge in [0.25, 0.3) is 0 Å². The fourth-order valence-electron chi connectivity index (χ4n) is 5.15. The van der Waals surface area contributed by atoms with Crippen LogP contribution < -0.4 is 20.7 Å². The summed E-state index contributed by atoms with van der Waals surface area (Å²) in [4.78, 5) is 11.3. The molecular weight excluding hydrogens is 458 g/mol. The zero-order valence-electron chi connectivity index (χ0n) is 21.7. The van der Waals surface area contributed by atoms with Gasteiger partial charge >= 0.3 is 0 Å². The molecule has 0 bridgehead atoms. The molecule has 0 amide bonds. The highest BCUT2D eigenvalue weighted by Crippen LogP contribution is 2.35. The molecule has 37 heavy (non-hydrogen) atoms. The van der Waals surface area contributed by atoms with E-state index < -0.39 is 0 Å². The number of allylic oxidation sites excluding steroid dienone is 1. The number of fused-ring (bicyclic) bond motifs is 1. The van der Waals surface area contributed by atoms with Gasteiger partial charge in [0, 0.05) is 13.6 Å². The number of ether oxygens (including phenoxy) is 1. The zero-order valence-corrected chi connectivity index (χ0v) is 21.7. The Labute approximate surface area is 219 Å². The van der Waals surface area contributed by atoms with E-state index in [1.165, 1.54) is 12.8 Å². The van der Waals surface area contributed by atoms with E-state index in [1.54, 1.807) is 6.33 Å². The zero-order chi connectivity index (χ0) is 25.6. The normalized spacial score (nSPS) is 14.6. The van der Waals surface area contributed by atoms with Gasteiger partial charge in [0.15, 0.2) is 0 Å². The van der Waals surface area contributed by atoms with Gasteiger partial charge in [0.05, 0.1) is 5.56 Å². The molecule has 0 saturated carbocycles. The molecule has 0 spiro atoms. The molecule has 190 valence electrons. The molecule has 5 rings (SSSR count). The van der Waals surface area contributed by atoms with Crippen LogP contribution in [-0.2, 0) is 6.61 Å². The maximum absolute atomic E-state index is 6.47. The summed E-state index contributed by atoms with van der Waals surface area (Å²) in [6.07, 6.45) is 6.03. The lowest BCUT2D eigenvalue weighted by Crippen LogP contribution is -2.35. The summed E-state index contributed by atoms with van der Waals surface area (Å²) in [5.74, 6) is 2.88. The number of nitrogens with one attached hydrogen (secondary N) is 1. The van der Waals surface area contributed by atoms with Crippen molar-refractivity contribution >= 4 is 28.0 Å². The van der Waals surface area contributed by atoms with Gasteiger partial charge in [-0.15, -0.1) is 0 Å². The Balaban J connectivity index is 1.40. The first-order valence-electron chi connectivity index (χ1n) is 13.0. The lowest BCUT2D eigenvalue weighted by atomic mass is 9.94. The third kappa shape index (κ3) is 5.75. The highest BCUT2D eigenvalue weighted by atomic mass is 16.5. The molecule has 1 aromatic heterocycles. The van der Waals surface area contributed by atoms with E-state index in [4.69, 9.17) is 10.5 Å². The number of nitrogens with zero attached hydrogens (tertiary/aromatic N) is 3. The largest absolute Gasteiger partial charge is 0.489 e. The second kappa shape index (κ2) is 11.4. The van der Waals surface area contributed by atoms with E-state index >= 15 is 0 Å². The molecule has 0 unspecified atom stereocenters. The number of nitrogen functional groups attached to an aromatic ring is 1. The highest BCUT2D eigenvalue weighted by molar-refractivity contribution is 5.94. The summed E-state index contributed by atoms with van der Waals surface area (Å²) in [5.41, 5.74) is 10.6. The van der Waals surface area contributed by atoms with Crippen LogP contribution in [0.1, 0.15) is 36.5 Å². The van der Waals surface area contributed by atoms with Crippen LogP contribution in [0.4, 0.5) is 11.6 Å². The first kappa shape index (κ1) is 24.8. The Morgan fingerprint density at radius 2 is 1.78 bits per heavy atom. The van der Waals surface area contributed by atoms with Gasteiger partial charge in [-0.3, -0.25) is 0 Å². The van der Waals surface area contributed by atoms with Crippen LogP contribution in [0.5, 0.6) is 5.75 Å². The Hall–Kier alpha value is -3.90. The minimum Gasteiger partial charge on any atom is -0.489 e. The maximum Gasteiger partial charge on any atom is 0.141 e. The van der Waals surface area contributed by atoms with E-state index in [9.17, 15) is 0 Å². The second-order valence-corrected chi connectivity index (χ2v) is 9.73. The van der Waals surface area contributed by atoms with Crippen molar-refractivity contribution in [1.82, 2.24) is 15.3 Å². The van der Waals surface area contributed by atoms with Gasteiger partial charge in [-0.2, -0.15) is 0 Å². The quantitative estimate of drug-likeness (QED) is 0.329. The van der Waals surface area contributed by atoms with Crippen LogP contribution in [0.2, 0.25) is 0 Å². The molecule has 6 heteroatoms. The first-order chi connectivity index (χ1) is 18.1. The smallest absolute Gasteiger partial charge is 0.141 e. The predicted octanol–water partition coefficient (Wildman–Crippen LogP) is 5.68. The number of nitrogens with two attached hydrogens (primary N) is 1. The molecule has 2 heterocycles. The lowest BCUT2D eigenvalue weighted by Gasteiger charge is -2.29. The molecule has 1 aliphatic rings. The Morgan fingerprint density at radius 3 is 2.57 bits per heavy atom. The maximum atomic E-state index is 6.47. The predicted molar refractivity (Wildman–Crippen MR) is 153 cm³/mol. The molecule has 6 nitrogen and oxygen atoms in total. The van der Waals surface area contributed by atoms with Crippen LogP contribution in [0.25, 0.3) is 16.3 Å². The Bertz CT molecular complexity index is 1380. The summed E-state index contributed by atoms with van der Waals surface area (Å²) in [6, 6.07) is 22.9. The fraction of sp³-hybridized carbons (Fsp3) is 0.290. The van der Waals surface area contributed by atoms with E-state index in [0.717, 1.165) is 64.2 Å². The van der Waals surface area contributed by atoms with E-state index in [1.807, 2.05) is 31.2 Å². The number of piperidine rings is 1. The number of hydrogen-bond acceptors (Lipinski definition) is 6. The minimum absolute atomic E-state index is 0.500. The topological polar surface area (TPSA) is 76.3 Å². The summed E-state index contributed by atoms with van der Waals surface area (Å²) in [6.45, 7) is 5.70. The molecule has 3 N–H and O–H groups in total. The molecular formula is C31H35N5O. The average molecular weight is 494 g/mol. The van der Waals surface area contributed by atoms with Crippen LogP contribution in [0, 0.1) is 5.92 Å². The van der Waals surface area contributed by atoms with Crippen molar-refractivity contribution in [1.29, 1.82) is 0 Å². The third-order valence-electron chi connectivity index (χ3n) is 7.14. The Kier molecular flexibility index (Phi) is 7.66. The summed E-state index contributed by atoms with van der Waals surface area (Å²) >= 11 is 0. The number of rotatable bonds is 8. The lowest BCUT2D eigenvalue weighted by molar-refractivity contribution is 0.306. The van der Waals surface area contributed by atoms with Crippen molar-refractivity contribution in [3.05, 3.63) is 95.8 Å². The summed E-state index contributed by atoms with van der Waals surface area (Å²) in [5, 5.41) is 5.72. The fourth-order valence-corrected chi connectivity index (χ4v) is 5.15. The van der Waals surface area contributed by atoms with Gasteiger partial charge in [0.1, 0.15) is 30.3 Å². The number of anilines is 2. The standard InChI is InChI=1S/C31H35N5O/c1-3-28(29-30(32)34-21-35-31(29)36(2)19-22-13-15-33-16-14-22)26-10-9-25-18-27(12-11-24(25)17-26)37-20-23-7-5-4-6-8-23/h3-12,17-18,21-22,33H,13-16,19-20H2,1-2H3,(H2,32,34,35). The van der Waals surface area contributed by atoms with Crippen molar-refractivity contribution in [3.63, 3.8) is 0 Å². The second-order valence-electron chi connectivity index (χ2n) is 9.73. The monoisotopic (exact) mass is 493 g/mol. The van der Waals surface area contributed by atoms with E-state index in [2.05, 4.69) is 75.8 Å². The molecule has 0 radical (unpaired) electrons. The van der Waals surface area contributed by atoms with E-state index in [0.29, 0.717) is 18.3 Å². The highest BCUT2D eigenvalue weighted by Gasteiger charge is 2.22. The van der Waals surface area contributed by atoms with Crippen LogP contribution in [-0.4, -0.2) is 36.6 Å². The molecule has 3 aromatic carbocycles. The molecule has 0 aliphatic carbocycles. The van der Waals surface area contributed by atoms with Gasteiger partial charge in [-0.1, -0.05) is 54.6 Å². The Morgan fingerprint density at radius 1 is 1.03 bits per heavy atom. The average Bonchev–Trinajstić information content (AvgIpc) is 2.94. The van der Waals surface area contributed by atoms with Crippen molar-refractivity contribution in [2.45, 2.75) is 26.4 Å². The van der Waals surface area contributed by atoms with E-state index in [-0.39, 0.29) is 0 Å². The van der Waals surface area contributed by atoms with Gasteiger partial charge < -0.3 is 20.7 Å². The molecule has 1 saturated heterocycles. The minimum atomic E-state index is 0.500. The molecule has 1 fully saturated rings. The third-order valence-corrected chi connectivity index (χ3v) is 7.14. The van der Waals surface area contributed by atoms with Crippen LogP contribution in [0.3, 0.4) is 0 Å². The number of benzene rings is 3. The number of hydrogen-bond donors (Lipinski definition) is 2. The number of aromatic nitrogens is 2. The SMILES string of the molecule is CC=C(c1ccc2cc(OCc3ccccc3)ccc2c1)c1c(N)ncnc1N(C)CC1CCNCC1. The van der Waals surface area contributed by atoms with Crippen molar-refractivity contribution in [3.8, 4) is 5.75 Å². The van der Waals surface area contributed by atoms with Gasteiger partial charge in [-0.05, 0) is 84.4 Å². The summed E-state index contributed by atoms with van der Waals surface area (Å²) < 4.78 is 6.03. The van der Waals surface area contributed by atoms with Crippen molar-refractivity contribution in [2.75, 3.05) is 37.3 Å². The van der Waals surface area contributed by atoms with Gasteiger partial charge in [-0.25, -0.2) is 9.97 Å². The molecule has 1 aliphatic heterocycles. The first-order valence-corrected chi connectivity index (χ1v) is 13.0. The van der Waals surface area contributed by atoms with Crippen molar-refractivity contribution in [2.24, 2.45) is 5.92 Å². The van der Waals surface area contributed by atoms with Crippen molar-refractivity contribution < 1.29 is 4.74 Å². The van der Waals surface area contributed by atoms with Crippen LogP contribution in [0.15, 0.2) is 79.1 Å².